The lowest BCUT2D eigenvalue weighted by Gasteiger charge is -2.13. The predicted octanol–water partition coefficient (Wildman–Crippen LogP) is 3.73. The standard InChI is InChI=1S/C18H23N5O2S/c1-3-9-23-18(20-21-22-23)19-12-14-7-8-16(17(11-14)24-4-2)25-13-15-6-5-10-26-15/h5-8,10-11H,3-4,9,12-13H2,1-2H3,(H,19,20,22). The number of nitrogens with one attached hydrogen (secondary N) is 1. The van der Waals surface area contributed by atoms with Gasteiger partial charge in [-0.1, -0.05) is 24.2 Å². The van der Waals surface area contributed by atoms with Crippen LogP contribution in [-0.2, 0) is 19.7 Å². The summed E-state index contributed by atoms with van der Waals surface area (Å²) in [5.41, 5.74) is 1.07. The van der Waals surface area contributed by atoms with E-state index < -0.39 is 0 Å². The molecule has 7 nitrogen and oxygen atoms in total. The van der Waals surface area contributed by atoms with Crippen molar-refractivity contribution in [3.05, 3.63) is 46.2 Å². The number of hydrogen-bond acceptors (Lipinski definition) is 7. The molecule has 0 atom stereocenters. The van der Waals surface area contributed by atoms with Gasteiger partial charge in [0.1, 0.15) is 6.61 Å². The normalized spacial score (nSPS) is 10.7. The molecule has 2 aromatic heterocycles. The third-order valence-corrected chi connectivity index (χ3v) is 4.53. The zero-order chi connectivity index (χ0) is 18.2. The van der Waals surface area contributed by atoms with Gasteiger partial charge in [-0.25, -0.2) is 4.68 Å². The second kappa shape index (κ2) is 9.19. The summed E-state index contributed by atoms with van der Waals surface area (Å²) in [6, 6.07) is 10.0. The molecule has 0 radical (unpaired) electrons. The molecule has 0 bridgehead atoms. The first kappa shape index (κ1) is 18.2. The molecule has 26 heavy (non-hydrogen) atoms. The molecule has 0 spiro atoms. The number of benzene rings is 1. The molecule has 1 N–H and O–H groups in total. The van der Waals surface area contributed by atoms with Crippen molar-refractivity contribution in [3.63, 3.8) is 0 Å². The van der Waals surface area contributed by atoms with Crippen LogP contribution in [0.3, 0.4) is 0 Å². The fourth-order valence-electron chi connectivity index (χ4n) is 2.47. The SMILES string of the molecule is CCCn1nnnc1NCc1ccc(OCc2cccs2)c(OCC)c1. The third-order valence-electron chi connectivity index (χ3n) is 3.68. The Balaban J connectivity index is 1.66. The van der Waals surface area contributed by atoms with Gasteiger partial charge in [0.2, 0.25) is 5.95 Å². The zero-order valence-electron chi connectivity index (χ0n) is 15.0. The Morgan fingerprint density at radius 1 is 1.15 bits per heavy atom. The summed E-state index contributed by atoms with van der Waals surface area (Å²) in [5, 5.41) is 17.0. The molecule has 0 saturated heterocycles. The van der Waals surface area contributed by atoms with Crippen molar-refractivity contribution in [2.75, 3.05) is 11.9 Å². The number of anilines is 1. The van der Waals surface area contributed by atoms with Crippen LogP contribution in [0, 0.1) is 0 Å². The Labute approximate surface area is 157 Å². The minimum absolute atomic E-state index is 0.543. The highest BCUT2D eigenvalue weighted by atomic mass is 32.1. The van der Waals surface area contributed by atoms with Crippen LogP contribution in [0.5, 0.6) is 11.5 Å². The first-order valence-corrected chi connectivity index (χ1v) is 9.59. The quantitative estimate of drug-likeness (QED) is 0.584. The molecule has 3 rings (SSSR count). The Morgan fingerprint density at radius 2 is 2.08 bits per heavy atom. The summed E-state index contributed by atoms with van der Waals surface area (Å²) >= 11 is 1.68. The van der Waals surface area contributed by atoms with Gasteiger partial charge in [0.25, 0.3) is 0 Å². The molecule has 138 valence electrons. The summed E-state index contributed by atoms with van der Waals surface area (Å²) < 4.78 is 13.4. The van der Waals surface area contributed by atoms with E-state index in [1.54, 1.807) is 16.0 Å². The maximum atomic E-state index is 5.92. The van der Waals surface area contributed by atoms with Gasteiger partial charge in [0, 0.05) is 18.0 Å². The smallest absolute Gasteiger partial charge is 0.243 e. The molecular formula is C18H23N5O2S. The van der Waals surface area contributed by atoms with Gasteiger partial charge in [0.05, 0.1) is 6.61 Å². The van der Waals surface area contributed by atoms with E-state index in [1.165, 1.54) is 4.88 Å². The molecule has 0 aliphatic rings. The third kappa shape index (κ3) is 4.72. The van der Waals surface area contributed by atoms with E-state index in [0.717, 1.165) is 30.0 Å². The van der Waals surface area contributed by atoms with Gasteiger partial charge in [0.15, 0.2) is 11.5 Å². The molecule has 0 saturated carbocycles. The van der Waals surface area contributed by atoms with Crippen molar-refractivity contribution in [2.24, 2.45) is 0 Å². The van der Waals surface area contributed by atoms with Crippen molar-refractivity contribution >= 4 is 17.3 Å². The average molecular weight is 373 g/mol. The topological polar surface area (TPSA) is 74.1 Å². The van der Waals surface area contributed by atoms with E-state index in [0.29, 0.717) is 25.7 Å². The number of ether oxygens (including phenoxy) is 2. The number of aryl methyl sites for hydroxylation is 1. The first-order valence-electron chi connectivity index (χ1n) is 8.71. The second-order valence-electron chi connectivity index (χ2n) is 5.66. The van der Waals surface area contributed by atoms with E-state index in [-0.39, 0.29) is 0 Å². The van der Waals surface area contributed by atoms with Crippen LogP contribution in [0.4, 0.5) is 5.95 Å². The molecule has 3 aromatic rings. The molecule has 0 aliphatic heterocycles. The number of nitrogens with zero attached hydrogens (tertiary/aromatic N) is 4. The van der Waals surface area contributed by atoms with Crippen molar-refractivity contribution in [2.45, 2.75) is 40.0 Å². The molecule has 0 amide bonds. The van der Waals surface area contributed by atoms with E-state index >= 15 is 0 Å². The number of hydrogen-bond donors (Lipinski definition) is 1. The van der Waals surface area contributed by atoms with Crippen molar-refractivity contribution in [1.29, 1.82) is 0 Å². The minimum Gasteiger partial charge on any atom is -0.490 e. The molecule has 0 fully saturated rings. The van der Waals surface area contributed by atoms with Crippen LogP contribution in [0.2, 0.25) is 0 Å². The highest BCUT2D eigenvalue weighted by Crippen LogP contribution is 2.30. The van der Waals surface area contributed by atoms with Gasteiger partial charge in [-0.05, 0) is 52.9 Å². The summed E-state index contributed by atoms with van der Waals surface area (Å²) in [5.74, 6) is 2.17. The van der Waals surface area contributed by atoms with Crippen LogP contribution < -0.4 is 14.8 Å². The Bertz CT molecular complexity index is 804. The average Bonchev–Trinajstić information content (AvgIpc) is 3.32. The molecule has 0 aliphatic carbocycles. The fourth-order valence-corrected chi connectivity index (χ4v) is 3.08. The van der Waals surface area contributed by atoms with Crippen LogP contribution in [0.25, 0.3) is 0 Å². The van der Waals surface area contributed by atoms with E-state index in [2.05, 4.69) is 33.8 Å². The van der Waals surface area contributed by atoms with Gasteiger partial charge in [-0.2, -0.15) is 0 Å². The lowest BCUT2D eigenvalue weighted by atomic mass is 10.2. The Kier molecular flexibility index (Phi) is 6.43. The monoisotopic (exact) mass is 373 g/mol. The maximum absolute atomic E-state index is 5.92. The largest absolute Gasteiger partial charge is 0.490 e. The van der Waals surface area contributed by atoms with Crippen LogP contribution in [0.1, 0.15) is 30.7 Å². The highest BCUT2D eigenvalue weighted by molar-refractivity contribution is 7.09. The lowest BCUT2D eigenvalue weighted by molar-refractivity contribution is 0.271. The molecular weight excluding hydrogens is 350 g/mol. The number of rotatable bonds is 10. The number of thiophene rings is 1. The number of tetrazole rings is 1. The summed E-state index contributed by atoms with van der Waals surface area (Å²) in [6.07, 6.45) is 0.977. The van der Waals surface area contributed by atoms with Gasteiger partial charge in [-0.3, -0.25) is 0 Å². The predicted molar refractivity (Wildman–Crippen MR) is 102 cm³/mol. The molecule has 1 aromatic carbocycles. The van der Waals surface area contributed by atoms with E-state index in [4.69, 9.17) is 9.47 Å². The summed E-state index contributed by atoms with van der Waals surface area (Å²) in [7, 11) is 0. The highest BCUT2D eigenvalue weighted by Gasteiger charge is 2.09. The van der Waals surface area contributed by atoms with Gasteiger partial charge in [-0.15, -0.1) is 11.3 Å². The van der Waals surface area contributed by atoms with Crippen molar-refractivity contribution < 1.29 is 9.47 Å². The summed E-state index contributed by atoms with van der Waals surface area (Å²) in [6.45, 7) is 6.58. The molecule has 0 unspecified atom stereocenters. The first-order chi connectivity index (χ1) is 12.8. The fraction of sp³-hybridized carbons (Fsp3) is 0.389. The number of aromatic nitrogens is 4. The summed E-state index contributed by atoms with van der Waals surface area (Å²) in [4.78, 5) is 1.18. The Hall–Kier alpha value is -2.61. The van der Waals surface area contributed by atoms with Crippen LogP contribution in [0.15, 0.2) is 35.7 Å². The molecule has 2 heterocycles. The Morgan fingerprint density at radius 3 is 2.85 bits per heavy atom. The maximum Gasteiger partial charge on any atom is 0.243 e. The van der Waals surface area contributed by atoms with Gasteiger partial charge >= 0.3 is 0 Å². The van der Waals surface area contributed by atoms with Crippen molar-refractivity contribution in [1.82, 2.24) is 20.2 Å². The van der Waals surface area contributed by atoms with E-state index in [1.807, 2.05) is 36.6 Å². The van der Waals surface area contributed by atoms with E-state index in [9.17, 15) is 0 Å². The van der Waals surface area contributed by atoms with Crippen LogP contribution >= 0.6 is 11.3 Å². The lowest BCUT2D eigenvalue weighted by Crippen LogP contribution is -2.09. The second-order valence-corrected chi connectivity index (χ2v) is 6.69. The van der Waals surface area contributed by atoms with Gasteiger partial charge < -0.3 is 14.8 Å². The molecule has 8 heteroatoms. The minimum atomic E-state index is 0.543. The van der Waals surface area contributed by atoms with Crippen LogP contribution in [-0.4, -0.2) is 26.8 Å². The zero-order valence-corrected chi connectivity index (χ0v) is 15.8. The van der Waals surface area contributed by atoms with Crippen molar-refractivity contribution in [3.8, 4) is 11.5 Å².